The Morgan fingerprint density at radius 1 is 1.77 bits per heavy atom. The van der Waals surface area contributed by atoms with Crippen molar-refractivity contribution in [2.24, 2.45) is 18.7 Å². The second kappa shape index (κ2) is 3.42. The molecule has 3 nitrogen and oxygen atoms in total. The van der Waals surface area contributed by atoms with Crippen LogP contribution in [0.1, 0.15) is 18.5 Å². The molecule has 0 spiro atoms. The maximum absolute atomic E-state index is 6.05. The molecule has 1 aromatic rings. The lowest BCUT2D eigenvalue weighted by atomic mass is 10.1. The van der Waals surface area contributed by atoms with Crippen LogP contribution in [0.3, 0.4) is 0 Å². The van der Waals surface area contributed by atoms with Crippen LogP contribution in [0.4, 0.5) is 0 Å². The second-order valence-electron chi connectivity index (χ2n) is 3.77. The molecule has 0 aromatic carbocycles. The van der Waals surface area contributed by atoms with Crippen molar-refractivity contribution in [2.45, 2.75) is 25.3 Å². The molecule has 0 saturated heterocycles. The average Bonchev–Trinajstić information content (AvgIpc) is 2.88. The van der Waals surface area contributed by atoms with E-state index in [0.29, 0.717) is 6.04 Å². The summed E-state index contributed by atoms with van der Waals surface area (Å²) in [5.74, 6) is 0.752. The van der Waals surface area contributed by atoms with Crippen molar-refractivity contribution in [3.63, 3.8) is 0 Å². The minimum Gasteiger partial charge on any atom is -0.327 e. The van der Waals surface area contributed by atoms with Gasteiger partial charge in [-0.15, -0.1) is 0 Å². The summed E-state index contributed by atoms with van der Waals surface area (Å²) in [5, 5.41) is 4.16. The minimum absolute atomic E-state index is 0.312. The molecule has 4 heteroatoms. The molecule has 1 unspecified atom stereocenters. The van der Waals surface area contributed by atoms with Gasteiger partial charge in [0.25, 0.3) is 0 Å². The lowest BCUT2D eigenvalue weighted by Crippen LogP contribution is -2.26. The molecule has 0 aliphatic heterocycles. The summed E-state index contributed by atoms with van der Waals surface area (Å²) in [4.78, 5) is 0. The Balaban J connectivity index is 2.07. The number of hydrogen-bond donors (Lipinski definition) is 1. The third-order valence-corrected chi connectivity index (χ3v) is 3.33. The van der Waals surface area contributed by atoms with E-state index in [1.807, 2.05) is 17.9 Å². The molecule has 1 aromatic heterocycles. The van der Waals surface area contributed by atoms with Crippen molar-refractivity contribution in [1.82, 2.24) is 9.78 Å². The van der Waals surface area contributed by atoms with Crippen molar-refractivity contribution in [2.75, 3.05) is 0 Å². The predicted molar refractivity (Wildman–Crippen MR) is 55.3 cm³/mol. The zero-order chi connectivity index (χ0) is 9.42. The number of nitrogens with zero attached hydrogens (tertiary/aromatic N) is 2. The molecule has 1 saturated carbocycles. The first-order valence-electron chi connectivity index (χ1n) is 4.60. The van der Waals surface area contributed by atoms with E-state index >= 15 is 0 Å². The Labute approximate surface area is 86.4 Å². The zero-order valence-corrected chi connectivity index (χ0v) is 9.29. The Bertz CT molecular complexity index is 284. The molecular formula is C9H14BrN3. The van der Waals surface area contributed by atoms with Gasteiger partial charge in [-0.1, -0.05) is 0 Å². The normalized spacial score (nSPS) is 19.0. The predicted octanol–water partition coefficient (Wildman–Crippen LogP) is 1.46. The molecule has 13 heavy (non-hydrogen) atoms. The molecule has 2 rings (SSSR count). The Morgan fingerprint density at radius 3 is 2.92 bits per heavy atom. The Morgan fingerprint density at radius 2 is 2.46 bits per heavy atom. The summed E-state index contributed by atoms with van der Waals surface area (Å²) in [6, 6.07) is 0.312. The van der Waals surface area contributed by atoms with Crippen molar-refractivity contribution in [3.05, 3.63) is 16.4 Å². The lowest BCUT2D eigenvalue weighted by molar-refractivity contribution is 0.561. The Hall–Kier alpha value is -0.350. The summed E-state index contributed by atoms with van der Waals surface area (Å²) in [7, 11) is 1.96. The van der Waals surface area contributed by atoms with Gasteiger partial charge in [-0.2, -0.15) is 5.10 Å². The van der Waals surface area contributed by atoms with E-state index < -0.39 is 0 Å². The molecule has 2 N–H and O–H groups in total. The van der Waals surface area contributed by atoms with Crippen LogP contribution in [0.5, 0.6) is 0 Å². The summed E-state index contributed by atoms with van der Waals surface area (Å²) in [6.45, 7) is 0. The van der Waals surface area contributed by atoms with E-state index in [0.717, 1.165) is 16.8 Å². The van der Waals surface area contributed by atoms with Gasteiger partial charge in [0.1, 0.15) is 0 Å². The molecule has 72 valence electrons. The molecule has 0 amide bonds. The van der Waals surface area contributed by atoms with Crippen LogP contribution >= 0.6 is 15.9 Å². The van der Waals surface area contributed by atoms with Gasteiger partial charge >= 0.3 is 0 Å². The van der Waals surface area contributed by atoms with Crippen LogP contribution in [-0.2, 0) is 13.5 Å². The van der Waals surface area contributed by atoms with Gasteiger partial charge in [0.2, 0.25) is 0 Å². The van der Waals surface area contributed by atoms with Gasteiger partial charge < -0.3 is 5.73 Å². The largest absolute Gasteiger partial charge is 0.327 e. The Kier molecular flexibility index (Phi) is 2.43. The maximum Gasteiger partial charge on any atom is 0.0635 e. The highest BCUT2D eigenvalue weighted by Crippen LogP contribution is 2.33. The lowest BCUT2D eigenvalue weighted by Gasteiger charge is -2.10. The van der Waals surface area contributed by atoms with E-state index in [1.54, 1.807) is 0 Å². The fraction of sp³-hybridized carbons (Fsp3) is 0.667. The summed E-state index contributed by atoms with van der Waals surface area (Å²) < 4.78 is 2.97. The summed E-state index contributed by atoms with van der Waals surface area (Å²) in [6.07, 6.45) is 5.37. The first-order chi connectivity index (χ1) is 6.18. The standard InChI is InChI=1S/C9H14BrN3/c1-13-9(7(10)5-12-13)4-8(11)6-2-3-6/h5-6,8H,2-4,11H2,1H3. The molecular weight excluding hydrogens is 230 g/mol. The molecule has 1 heterocycles. The van der Waals surface area contributed by atoms with E-state index in [2.05, 4.69) is 21.0 Å². The molecule has 0 radical (unpaired) electrons. The van der Waals surface area contributed by atoms with Crippen molar-refractivity contribution < 1.29 is 0 Å². The van der Waals surface area contributed by atoms with E-state index in [9.17, 15) is 0 Å². The van der Waals surface area contributed by atoms with Crippen LogP contribution in [0, 0.1) is 5.92 Å². The number of hydrogen-bond acceptors (Lipinski definition) is 2. The number of halogens is 1. The van der Waals surface area contributed by atoms with Gasteiger partial charge in [0, 0.05) is 19.5 Å². The topological polar surface area (TPSA) is 43.8 Å². The average molecular weight is 244 g/mol. The van der Waals surface area contributed by atoms with Crippen LogP contribution in [0.25, 0.3) is 0 Å². The number of nitrogens with two attached hydrogens (primary N) is 1. The van der Waals surface area contributed by atoms with Gasteiger partial charge in [-0.05, 0) is 34.7 Å². The quantitative estimate of drug-likeness (QED) is 0.874. The molecule has 1 aliphatic carbocycles. The number of rotatable bonds is 3. The zero-order valence-electron chi connectivity index (χ0n) is 7.70. The van der Waals surface area contributed by atoms with Crippen molar-refractivity contribution in [1.29, 1.82) is 0 Å². The molecule has 1 atom stereocenters. The van der Waals surface area contributed by atoms with Gasteiger partial charge in [0.15, 0.2) is 0 Å². The van der Waals surface area contributed by atoms with Gasteiger partial charge in [-0.25, -0.2) is 0 Å². The molecule has 0 bridgehead atoms. The highest BCUT2D eigenvalue weighted by molar-refractivity contribution is 9.10. The van der Waals surface area contributed by atoms with Crippen LogP contribution < -0.4 is 5.73 Å². The summed E-state index contributed by atoms with van der Waals surface area (Å²) in [5.41, 5.74) is 7.25. The second-order valence-corrected chi connectivity index (χ2v) is 4.62. The SMILES string of the molecule is Cn1ncc(Br)c1CC(N)C1CC1. The first-order valence-corrected chi connectivity index (χ1v) is 5.39. The highest BCUT2D eigenvalue weighted by Gasteiger charge is 2.29. The van der Waals surface area contributed by atoms with Crippen molar-refractivity contribution in [3.8, 4) is 0 Å². The fourth-order valence-corrected chi connectivity index (χ4v) is 2.09. The van der Waals surface area contributed by atoms with Gasteiger partial charge in [0.05, 0.1) is 16.4 Å². The third-order valence-electron chi connectivity index (χ3n) is 2.67. The monoisotopic (exact) mass is 243 g/mol. The van der Waals surface area contributed by atoms with Crippen LogP contribution in [0.2, 0.25) is 0 Å². The van der Waals surface area contributed by atoms with Crippen LogP contribution in [-0.4, -0.2) is 15.8 Å². The maximum atomic E-state index is 6.05. The van der Waals surface area contributed by atoms with Crippen molar-refractivity contribution >= 4 is 15.9 Å². The smallest absolute Gasteiger partial charge is 0.0635 e. The first kappa shape index (κ1) is 9.21. The minimum atomic E-state index is 0.312. The summed E-state index contributed by atoms with van der Waals surface area (Å²) >= 11 is 3.48. The van der Waals surface area contributed by atoms with Gasteiger partial charge in [-0.3, -0.25) is 4.68 Å². The third kappa shape index (κ3) is 1.94. The highest BCUT2D eigenvalue weighted by atomic mass is 79.9. The fourth-order valence-electron chi connectivity index (χ4n) is 1.58. The van der Waals surface area contributed by atoms with Crippen LogP contribution in [0.15, 0.2) is 10.7 Å². The van der Waals surface area contributed by atoms with E-state index in [-0.39, 0.29) is 0 Å². The number of aryl methyl sites for hydroxylation is 1. The number of aromatic nitrogens is 2. The molecule has 1 fully saturated rings. The molecule has 1 aliphatic rings. The van der Waals surface area contributed by atoms with E-state index in [4.69, 9.17) is 5.73 Å². The van der Waals surface area contributed by atoms with E-state index in [1.165, 1.54) is 18.5 Å².